The third kappa shape index (κ3) is 6.31. The Labute approximate surface area is 144 Å². The molecule has 0 bridgehead atoms. The summed E-state index contributed by atoms with van der Waals surface area (Å²) in [4.78, 5) is 12.2. The zero-order valence-electron chi connectivity index (χ0n) is 15.5. The number of ether oxygens (including phenoxy) is 4. The van der Waals surface area contributed by atoms with E-state index >= 15 is 0 Å². The molecule has 2 rings (SSSR count). The first-order valence-electron chi connectivity index (χ1n) is 8.86. The lowest BCUT2D eigenvalue weighted by Gasteiger charge is -2.37. The molecule has 1 saturated heterocycles. The number of carbonyl (C=O) groups excluding carboxylic acids is 1. The fourth-order valence-electron chi connectivity index (χ4n) is 2.80. The van der Waals surface area contributed by atoms with Crippen molar-refractivity contribution in [3.05, 3.63) is 0 Å². The van der Waals surface area contributed by atoms with Crippen molar-refractivity contribution in [2.24, 2.45) is 0 Å². The van der Waals surface area contributed by atoms with Crippen LogP contribution in [0.25, 0.3) is 0 Å². The molecule has 24 heavy (non-hydrogen) atoms. The van der Waals surface area contributed by atoms with Gasteiger partial charge in [-0.15, -0.1) is 0 Å². The first-order chi connectivity index (χ1) is 11.0. The van der Waals surface area contributed by atoms with E-state index in [4.69, 9.17) is 18.9 Å². The van der Waals surface area contributed by atoms with Crippen molar-refractivity contribution >= 4 is 5.97 Å². The lowest BCUT2D eigenvalue weighted by molar-refractivity contribution is -0.182. The molecule has 2 aliphatic rings. The summed E-state index contributed by atoms with van der Waals surface area (Å²) in [5, 5.41) is 9.30. The standard InChI is InChI=1S/C18H32O6/c1-17(2,3)22-10-13-6-7-15(23-13)16(20)21-11-18(4,5)24-14-8-12(19)9-14/h12-15,19H,6-11H2,1-5H3. The van der Waals surface area contributed by atoms with E-state index < -0.39 is 11.7 Å². The fourth-order valence-corrected chi connectivity index (χ4v) is 2.80. The second-order valence-corrected chi connectivity index (χ2v) is 8.48. The van der Waals surface area contributed by atoms with E-state index in [2.05, 4.69) is 0 Å². The first-order valence-corrected chi connectivity index (χ1v) is 8.86. The van der Waals surface area contributed by atoms with Gasteiger partial charge in [0.25, 0.3) is 0 Å². The normalized spacial score (nSPS) is 30.9. The van der Waals surface area contributed by atoms with Gasteiger partial charge in [0.2, 0.25) is 0 Å². The monoisotopic (exact) mass is 344 g/mol. The number of aliphatic hydroxyl groups excluding tert-OH is 1. The summed E-state index contributed by atoms with van der Waals surface area (Å²) in [6, 6.07) is 0. The van der Waals surface area contributed by atoms with Gasteiger partial charge in [-0.3, -0.25) is 0 Å². The zero-order valence-corrected chi connectivity index (χ0v) is 15.5. The van der Waals surface area contributed by atoms with Crippen LogP contribution in [0, 0.1) is 0 Å². The number of carbonyl (C=O) groups is 1. The molecule has 2 unspecified atom stereocenters. The van der Waals surface area contributed by atoms with Gasteiger partial charge in [0.05, 0.1) is 36.1 Å². The summed E-state index contributed by atoms with van der Waals surface area (Å²) >= 11 is 0. The van der Waals surface area contributed by atoms with Gasteiger partial charge in [0, 0.05) is 0 Å². The highest BCUT2D eigenvalue weighted by molar-refractivity contribution is 5.75. The van der Waals surface area contributed by atoms with E-state index in [-0.39, 0.29) is 36.5 Å². The lowest BCUT2D eigenvalue weighted by atomic mass is 9.91. The second kappa shape index (κ2) is 7.68. The topological polar surface area (TPSA) is 74.2 Å². The van der Waals surface area contributed by atoms with Crippen molar-refractivity contribution in [3.8, 4) is 0 Å². The number of rotatable bonds is 7. The molecule has 1 aliphatic heterocycles. The average molecular weight is 344 g/mol. The summed E-state index contributed by atoms with van der Waals surface area (Å²) in [5.41, 5.74) is -0.772. The molecular formula is C18H32O6. The van der Waals surface area contributed by atoms with Crippen molar-refractivity contribution in [2.75, 3.05) is 13.2 Å². The molecule has 1 aliphatic carbocycles. The number of hydrogen-bond acceptors (Lipinski definition) is 6. The predicted octanol–water partition coefficient (Wildman–Crippen LogP) is 2.21. The molecule has 1 N–H and O–H groups in total. The Bertz CT molecular complexity index is 422. The summed E-state index contributed by atoms with van der Waals surface area (Å²) in [6.45, 7) is 10.4. The quantitative estimate of drug-likeness (QED) is 0.714. The molecule has 6 heteroatoms. The van der Waals surface area contributed by atoms with E-state index in [0.717, 1.165) is 6.42 Å². The molecule has 0 aromatic carbocycles. The molecule has 0 amide bonds. The molecule has 0 aromatic heterocycles. The van der Waals surface area contributed by atoms with Crippen LogP contribution in [0.4, 0.5) is 0 Å². The molecule has 2 atom stereocenters. The molecule has 6 nitrogen and oxygen atoms in total. The third-order valence-electron chi connectivity index (χ3n) is 4.19. The molecular weight excluding hydrogens is 312 g/mol. The maximum atomic E-state index is 12.2. The van der Waals surface area contributed by atoms with Crippen LogP contribution in [-0.2, 0) is 23.7 Å². The van der Waals surface area contributed by atoms with Crippen LogP contribution in [0.15, 0.2) is 0 Å². The molecule has 1 heterocycles. The van der Waals surface area contributed by atoms with Gasteiger partial charge in [0.15, 0.2) is 6.10 Å². The van der Waals surface area contributed by atoms with E-state index in [1.165, 1.54) is 0 Å². The molecule has 1 saturated carbocycles. The van der Waals surface area contributed by atoms with Crippen molar-refractivity contribution in [2.45, 2.75) is 95.9 Å². The molecule has 0 aromatic rings. The second-order valence-electron chi connectivity index (χ2n) is 8.48. The first kappa shape index (κ1) is 19.6. The predicted molar refractivity (Wildman–Crippen MR) is 88.8 cm³/mol. The van der Waals surface area contributed by atoms with Gasteiger partial charge < -0.3 is 24.1 Å². The highest BCUT2D eigenvalue weighted by atomic mass is 16.6. The van der Waals surface area contributed by atoms with Crippen LogP contribution in [0.5, 0.6) is 0 Å². The fraction of sp³-hybridized carbons (Fsp3) is 0.944. The highest BCUT2D eigenvalue weighted by Gasteiger charge is 2.36. The van der Waals surface area contributed by atoms with Crippen LogP contribution in [-0.4, -0.2) is 59.9 Å². The Hall–Kier alpha value is -0.690. The summed E-state index contributed by atoms with van der Waals surface area (Å²) in [5.74, 6) is -0.335. The summed E-state index contributed by atoms with van der Waals surface area (Å²) in [6.07, 6.45) is 1.99. The van der Waals surface area contributed by atoms with Crippen molar-refractivity contribution in [1.82, 2.24) is 0 Å². The molecule has 0 spiro atoms. The maximum absolute atomic E-state index is 12.2. The Morgan fingerprint density at radius 3 is 2.42 bits per heavy atom. The smallest absolute Gasteiger partial charge is 0.335 e. The summed E-state index contributed by atoms with van der Waals surface area (Å²) < 4.78 is 22.7. The van der Waals surface area contributed by atoms with Crippen LogP contribution >= 0.6 is 0 Å². The van der Waals surface area contributed by atoms with E-state index in [0.29, 0.717) is 25.9 Å². The summed E-state index contributed by atoms with van der Waals surface area (Å²) in [7, 11) is 0. The van der Waals surface area contributed by atoms with Crippen molar-refractivity contribution < 1.29 is 28.8 Å². The molecule has 140 valence electrons. The largest absolute Gasteiger partial charge is 0.461 e. The van der Waals surface area contributed by atoms with Gasteiger partial charge >= 0.3 is 5.97 Å². The van der Waals surface area contributed by atoms with Crippen molar-refractivity contribution in [3.63, 3.8) is 0 Å². The van der Waals surface area contributed by atoms with Crippen LogP contribution in [0.2, 0.25) is 0 Å². The lowest BCUT2D eigenvalue weighted by Crippen LogP contribution is -2.44. The SMILES string of the molecule is CC(C)(C)OCC1CCC(C(=O)OCC(C)(C)OC2CC(O)C2)O1. The average Bonchev–Trinajstić information content (AvgIpc) is 2.89. The number of aliphatic hydroxyl groups is 1. The minimum absolute atomic E-state index is 0.0513. The van der Waals surface area contributed by atoms with Crippen LogP contribution < -0.4 is 0 Å². The van der Waals surface area contributed by atoms with Gasteiger partial charge in [-0.2, -0.15) is 0 Å². The molecule has 0 radical (unpaired) electrons. The number of hydrogen-bond donors (Lipinski definition) is 1. The third-order valence-corrected chi connectivity index (χ3v) is 4.19. The molecule has 2 fully saturated rings. The van der Waals surface area contributed by atoms with Gasteiger partial charge in [-0.25, -0.2) is 4.79 Å². The minimum Gasteiger partial charge on any atom is -0.461 e. The van der Waals surface area contributed by atoms with E-state index in [1.54, 1.807) is 0 Å². The highest BCUT2D eigenvalue weighted by Crippen LogP contribution is 2.28. The Morgan fingerprint density at radius 1 is 1.17 bits per heavy atom. The van der Waals surface area contributed by atoms with Gasteiger partial charge in [0.1, 0.15) is 6.61 Å². The van der Waals surface area contributed by atoms with E-state index in [9.17, 15) is 9.90 Å². The Balaban J connectivity index is 1.67. The van der Waals surface area contributed by atoms with Crippen LogP contribution in [0.3, 0.4) is 0 Å². The van der Waals surface area contributed by atoms with Gasteiger partial charge in [-0.05, 0) is 60.3 Å². The minimum atomic E-state index is -0.562. The van der Waals surface area contributed by atoms with E-state index in [1.807, 2.05) is 34.6 Å². The zero-order chi connectivity index (χ0) is 18.0. The Morgan fingerprint density at radius 2 is 1.83 bits per heavy atom. The van der Waals surface area contributed by atoms with Gasteiger partial charge in [-0.1, -0.05) is 0 Å². The maximum Gasteiger partial charge on any atom is 0.335 e. The van der Waals surface area contributed by atoms with Crippen LogP contribution in [0.1, 0.15) is 60.3 Å². The number of esters is 1. The van der Waals surface area contributed by atoms with Crippen molar-refractivity contribution in [1.29, 1.82) is 0 Å². The Kier molecular flexibility index (Phi) is 6.29.